The highest BCUT2D eigenvalue weighted by Gasteiger charge is 2.23. The van der Waals surface area contributed by atoms with Crippen LogP contribution in [0.4, 0.5) is 0 Å². The average Bonchev–Trinajstić information content (AvgIpc) is 3.37. The van der Waals surface area contributed by atoms with E-state index in [0.29, 0.717) is 24.7 Å². The number of rotatable bonds is 8. The van der Waals surface area contributed by atoms with Crippen LogP contribution in [0.5, 0.6) is 0 Å². The van der Waals surface area contributed by atoms with Gasteiger partial charge in [0.05, 0.1) is 11.4 Å². The van der Waals surface area contributed by atoms with Gasteiger partial charge >= 0.3 is 0 Å². The Kier molecular flexibility index (Phi) is 7.60. The number of aromatic nitrogens is 3. The molecule has 6 heteroatoms. The summed E-state index contributed by atoms with van der Waals surface area (Å²) in [6, 6.07) is 6.40. The van der Waals surface area contributed by atoms with Crippen molar-refractivity contribution in [2.24, 2.45) is 11.8 Å². The fraction of sp³-hybridized carbons (Fsp3) is 0.552. The molecule has 1 aromatic carbocycles. The molecule has 0 saturated carbocycles. The molecule has 0 aliphatic carbocycles. The summed E-state index contributed by atoms with van der Waals surface area (Å²) >= 11 is 0. The molecule has 1 amide bonds. The molecule has 3 aromatic rings. The zero-order chi connectivity index (χ0) is 25.3. The number of fused-ring (bicyclic) bond motifs is 1. The van der Waals surface area contributed by atoms with Crippen molar-refractivity contribution in [3.8, 4) is 5.69 Å². The van der Waals surface area contributed by atoms with Crippen molar-refractivity contribution < 1.29 is 4.79 Å². The molecule has 0 unspecified atom stereocenters. The van der Waals surface area contributed by atoms with Crippen LogP contribution in [0.1, 0.15) is 60.3 Å². The number of likely N-dealkylation sites (tertiary alicyclic amines) is 1. The van der Waals surface area contributed by atoms with E-state index < -0.39 is 0 Å². The predicted molar refractivity (Wildman–Crippen MR) is 143 cm³/mol. The standard InChI is InChI=1S/C29H41N5O/c1-18(2)16-33-13-12-24(17-33)15-30-27(35)11-10-26-21(5)28-23(7)32-34(29(28)31-22(26)6)25-9-8-19(3)20(4)14-25/h8-9,14,18,24H,10-13,15-17H2,1-7H3,(H,30,35)/t24-/m1/s1. The van der Waals surface area contributed by atoms with Gasteiger partial charge in [-0.15, -0.1) is 0 Å². The number of carbonyl (C=O) groups excluding carboxylic acids is 1. The molecule has 4 rings (SSSR count). The second-order valence-electron chi connectivity index (χ2n) is 10.9. The van der Waals surface area contributed by atoms with Crippen LogP contribution >= 0.6 is 0 Å². The zero-order valence-corrected chi connectivity index (χ0v) is 22.5. The molecular weight excluding hydrogens is 434 g/mol. The maximum absolute atomic E-state index is 12.7. The summed E-state index contributed by atoms with van der Waals surface area (Å²) in [5.74, 6) is 1.39. The Labute approximate surface area is 210 Å². The van der Waals surface area contributed by atoms with Crippen molar-refractivity contribution >= 4 is 16.9 Å². The highest BCUT2D eigenvalue weighted by Crippen LogP contribution is 2.29. The number of pyridine rings is 1. The third-order valence-corrected chi connectivity index (χ3v) is 7.49. The Bertz CT molecular complexity index is 1230. The highest BCUT2D eigenvalue weighted by molar-refractivity contribution is 5.85. The fourth-order valence-electron chi connectivity index (χ4n) is 5.46. The van der Waals surface area contributed by atoms with Crippen molar-refractivity contribution in [1.29, 1.82) is 0 Å². The zero-order valence-electron chi connectivity index (χ0n) is 22.5. The molecule has 188 valence electrons. The minimum absolute atomic E-state index is 0.133. The number of aryl methyl sites for hydroxylation is 5. The smallest absolute Gasteiger partial charge is 0.220 e. The summed E-state index contributed by atoms with van der Waals surface area (Å²) in [7, 11) is 0. The summed E-state index contributed by atoms with van der Waals surface area (Å²) < 4.78 is 1.96. The van der Waals surface area contributed by atoms with Crippen molar-refractivity contribution in [3.63, 3.8) is 0 Å². The number of nitrogens with one attached hydrogen (secondary N) is 1. The van der Waals surface area contributed by atoms with Gasteiger partial charge in [-0.25, -0.2) is 9.67 Å². The van der Waals surface area contributed by atoms with Crippen LogP contribution < -0.4 is 5.32 Å². The third-order valence-electron chi connectivity index (χ3n) is 7.49. The molecule has 1 saturated heterocycles. The minimum atomic E-state index is 0.133. The van der Waals surface area contributed by atoms with E-state index in [1.165, 1.54) is 28.7 Å². The summed E-state index contributed by atoms with van der Waals surface area (Å²) in [5.41, 5.74) is 8.74. The van der Waals surface area contributed by atoms with Crippen LogP contribution in [-0.2, 0) is 11.2 Å². The van der Waals surface area contributed by atoms with Crippen LogP contribution in [0.3, 0.4) is 0 Å². The number of carbonyl (C=O) groups is 1. The van der Waals surface area contributed by atoms with Gasteiger partial charge in [0.1, 0.15) is 0 Å². The Hall–Kier alpha value is -2.73. The monoisotopic (exact) mass is 475 g/mol. The lowest BCUT2D eigenvalue weighted by molar-refractivity contribution is -0.121. The maximum atomic E-state index is 12.7. The SMILES string of the molecule is Cc1ccc(-n2nc(C)c3c(C)c(CCC(=O)NC[C@H]4CCN(CC(C)C)C4)c(C)nc32)cc1C. The van der Waals surface area contributed by atoms with Gasteiger partial charge in [0.2, 0.25) is 5.91 Å². The minimum Gasteiger partial charge on any atom is -0.356 e. The third kappa shape index (κ3) is 5.58. The van der Waals surface area contributed by atoms with Gasteiger partial charge in [0.15, 0.2) is 5.65 Å². The molecule has 6 nitrogen and oxygen atoms in total. The average molecular weight is 476 g/mol. The number of hydrogen-bond donors (Lipinski definition) is 1. The second kappa shape index (κ2) is 10.5. The van der Waals surface area contributed by atoms with Gasteiger partial charge in [-0.05, 0) is 100 Å². The summed E-state index contributed by atoms with van der Waals surface area (Å²) in [6.07, 6.45) is 2.36. The molecule has 1 N–H and O–H groups in total. The van der Waals surface area contributed by atoms with E-state index in [1.807, 2.05) is 11.6 Å². The molecule has 0 bridgehead atoms. The number of benzene rings is 1. The molecule has 1 aliphatic rings. The molecule has 2 aromatic heterocycles. The second-order valence-corrected chi connectivity index (χ2v) is 10.9. The van der Waals surface area contributed by atoms with Crippen molar-refractivity contribution in [3.05, 3.63) is 51.8 Å². The summed E-state index contributed by atoms with van der Waals surface area (Å²) in [6.45, 7) is 19.2. The quantitative estimate of drug-likeness (QED) is 0.499. The van der Waals surface area contributed by atoms with E-state index in [0.717, 1.165) is 54.3 Å². The van der Waals surface area contributed by atoms with Crippen LogP contribution in [0.25, 0.3) is 16.7 Å². The Morgan fingerprint density at radius 2 is 1.89 bits per heavy atom. The normalized spacial score (nSPS) is 16.5. The summed E-state index contributed by atoms with van der Waals surface area (Å²) in [5, 5.41) is 9.12. The molecule has 0 radical (unpaired) electrons. The number of amides is 1. The van der Waals surface area contributed by atoms with Crippen LogP contribution in [0.2, 0.25) is 0 Å². The molecule has 3 heterocycles. The van der Waals surface area contributed by atoms with Gasteiger partial charge in [0, 0.05) is 37.1 Å². The van der Waals surface area contributed by atoms with Crippen LogP contribution in [-0.4, -0.2) is 51.8 Å². The van der Waals surface area contributed by atoms with E-state index in [1.54, 1.807) is 0 Å². The van der Waals surface area contributed by atoms with Crippen molar-refractivity contribution in [1.82, 2.24) is 25.0 Å². The molecule has 0 spiro atoms. The highest BCUT2D eigenvalue weighted by atomic mass is 16.1. The lowest BCUT2D eigenvalue weighted by Gasteiger charge is -2.18. The largest absolute Gasteiger partial charge is 0.356 e. The van der Waals surface area contributed by atoms with E-state index in [2.05, 4.69) is 70.0 Å². The van der Waals surface area contributed by atoms with Crippen molar-refractivity contribution in [2.45, 2.75) is 67.7 Å². The number of nitrogens with zero attached hydrogens (tertiary/aromatic N) is 4. The van der Waals surface area contributed by atoms with Gasteiger partial charge in [-0.1, -0.05) is 19.9 Å². The maximum Gasteiger partial charge on any atom is 0.220 e. The molecule has 1 aliphatic heterocycles. The molecule has 1 atom stereocenters. The lowest BCUT2D eigenvalue weighted by atomic mass is 9.99. The fourth-order valence-corrected chi connectivity index (χ4v) is 5.46. The first-order chi connectivity index (χ1) is 16.6. The van der Waals surface area contributed by atoms with E-state index in [-0.39, 0.29) is 5.91 Å². The van der Waals surface area contributed by atoms with Crippen LogP contribution in [0, 0.1) is 46.5 Å². The lowest BCUT2D eigenvalue weighted by Crippen LogP contribution is -2.32. The van der Waals surface area contributed by atoms with Gasteiger partial charge < -0.3 is 10.2 Å². The van der Waals surface area contributed by atoms with Crippen LogP contribution in [0.15, 0.2) is 18.2 Å². The van der Waals surface area contributed by atoms with Gasteiger partial charge in [0.25, 0.3) is 0 Å². The first-order valence-corrected chi connectivity index (χ1v) is 13.1. The van der Waals surface area contributed by atoms with Gasteiger partial charge in [-0.2, -0.15) is 5.10 Å². The Balaban J connectivity index is 1.44. The topological polar surface area (TPSA) is 63.1 Å². The van der Waals surface area contributed by atoms with E-state index in [9.17, 15) is 4.79 Å². The van der Waals surface area contributed by atoms with E-state index >= 15 is 0 Å². The molecule has 1 fully saturated rings. The number of hydrogen-bond acceptors (Lipinski definition) is 4. The Morgan fingerprint density at radius 3 is 2.60 bits per heavy atom. The van der Waals surface area contributed by atoms with Gasteiger partial charge in [-0.3, -0.25) is 4.79 Å². The van der Waals surface area contributed by atoms with E-state index in [4.69, 9.17) is 10.1 Å². The summed E-state index contributed by atoms with van der Waals surface area (Å²) in [4.78, 5) is 20.2. The first kappa shape index (κ1) is 25.4. The predicted octanol–water partition coefficient (Wildman–Crippen LogP) is 4.99. The first-order valence-electron chi connectivity index (χ1n) is 13.1. The Morgan fingerprint density at radius 1 is 1.11 bits per heavy atom. The molecular formula is C29H41N5O. The van der Waals surface area contributed by atoms with Crippen molar-refractivity contribution in [2.75, 3.05) is 26.2 Å². The molecule has 35 heavy (non-hydrogen) atoms.